The molecule has 0 radical (unpaired) electrons. The third-order valence-corrected chi connectivity index (χ3v) is 3.41. The number of amides is 1. The second-order valence-electron chi connectivity index (χ2n) is 5.45. The third-order valence-electron chi connectivity index (χ3n) is 3.41. The smallest absolute Gasteiger partial charge is 0.227 e. The van der Waals surface area contributed by atoms with Crippen molar-refractivity contribution in [2.45, 2.75) is 18.9 Å². The number of halogens is 1. The van der Waals surface area contributed by atoms with Gasteiger partial charge in [0, 0.05) is 6.07 Å². The normalized spacial score (nSPS) is 12.8. The fourth-order valence-corrected chi connectivity index (χ4v) is 2.24. The van der Waals surface area contributed by atoms with Gasteiger partial charge in [0.15, 0.2) is 6.61 Å². The zero-order valence-corrected chi connectivity index (χ0v) is 13.1. The summed E-state index contributed by atoms with van der Waals surface area (Å²) in [7, 11) is 0. The van der Waals surface area contributed by atoms with Crippen LogP contribution in [0.2, 0.25) is 0 Å². The van der Waals surface area contributed by atoms with Crippen molar-refractivity contribution in [3.63, 3.8) is 0 Å². The van der Waals surface area contributed by atoms with Crippen molar-refractivity contribution in [1.82, 2.24) is 0 Å². The lowest BCUT2D eigenvalue weighted by molar-refractivity contribution is -0.120. The maximum Gasteiger partial charge on any atom is 0.227 e. The SMILES string of the molecule is CC(O)(CC(=O)Nc1ccc(F)cc1OCC#N)c1ccccc1. The van der Waals surface area contributed by atoms with Gasteiger partial charge in [0.1, 0.15) is 17.6 Å². The monoisotopic (exact) mass is 328 g/mol. The van der Waals surface area contributed by atoms with Crippen LogP contribution in [-0.4, -0.2) is 17.6 Å². The number of carbonyl (C=O) groups is 1. The average Bonchev–Trinajstić information content (AvgIpc) is 2.55. The summed E-state index contributed by atoms with van der Waals surface area (Å²) in [4.78, 5) is 12.2. The number of carbonyl (C=O) groups excluding carboxylic acids is 1. The molecule has 1 atom stereocenters. The molecular formula is C18H17FN2O3. The summed E-state index contributed by atoms with van der Waals surface area (Å²) < 4.78 is 18.4. The van der Waals surface area contributed by atoms with E-state index < -0.39 is 17.3 Å². The molecule has 0 aliphatic rings. The van der Waals surface area contributed by atoms with Crippen molar-refractivity contribution in [3.05, 3.63) is 59.9 Å². The van der Waals surface area contributed by atoms with Crippen molar-refractivity contribution in [3.8, 4) is 11.8 Å². The number of nitriles is 1. The minimum Gasteiger partial charge on any atom is -0.476 e. The summed E-state index contributed by atoms with van der Waals surface area (Å²) in [5, 5.41) is 21.6. The molecule has 0 saturated carbocycles. The Hall–Kier alpha value is -2.91. The van der Waals surface area contributed by atoms with Crippen LogP contribution in [0.1, 0.15) is 18.9 Å². The third kappa shape index (κ3) is 4.54. The van der Waals surface area contributed by atoms with Crippen molar-refractivity contribution >= 4 is 11.6 Å². The van der Waals surface area contributed by atoms with Gasteiger partial charge < -0.3 is 15.2 Å². The molecule has 124 valence electrons. The molecule has 1 amide bonds. The number of hydrogen-bond donors (Lipinski definition) is 2. The first-order chi connectivity index (χ1) is 11.4. The van der Waals surface area contributed by atoms with Gasteiger partial charge in [-0.2, -0.15) is 5.26 Å². The van der Waals surface area contributed by atoms with E-state index in [9.17, 15) is 14.3 Å². The molecule has 0 saturated heterocycles. The van der Waals surface area contributed by atoms with Crippen molar-refractivity contribution in [2.24, 2.45) is 0 Å². The Morgan fingerprint density at radius 1 is 1.33 bits per heavy atom. The summed E-state index contributed by atoms with van der Waals surface area (Å²) in [6, 6.07) is 14.2. The molecule has 2 N–H and O–H groups in total. The van der Waals surface area contributed by atoms with Crippen LogP contribution in [0.4, 0.5) is 10.1 Å². The van der Waals surface area contributed by atoms with Gasteiger partial charge in [0.05, 0.1) is 17.7 Å². The van der Waals surface area contributed by atoms with Gasteiger partial charge >= 0.3 is 0 Å². The molecule has 0 aromatic heterocycles. The fourth-order valence-electron chi connectivity index (χ4n) is 2.24. The largest absolute Gasteiger partial charge is 0.476 e. The Labute approximate surface area is 139 Å². The number of nitrogens with zero attached hydrogens (tertiary/aromatic N) is 1. The van der Waals surface area contributed by atoms with Crippen LogP contribution in [0.25, 0.3) is 0 Å². The van der Waals surface area contributed by atoms with Crippen LogP contribution in [-0.2, 0) is 10.4 Å². The number of rotatable bonds is 6. The van der Waals surface area contributed by atoms with Crippen molar-refractivity contribution in [2.75, 3.05) is 11.9 Å². The van der Waals surface area contributed by atoms with E-state index in [4.69, 9.17) is 10.00 Å². The highest BCUT2D eigenvalue weighted by molar-refractivity contribution is 5.93. The van der Waals surface area contributed by atoms with E-state index in [0.717, 1.165) is 6.07 Å². The summed E-state index contributed by atoms with van der Waals surface area (Å²) in [6.07, 6.45) is -0.188. The van der Waals surface area contributed by atoms with Gasteiger partial charge in [-0.25, -0.2) is 4.39 Å². The van der Waals surface area contributed by atoms with Crippen LogP contribution in [0.3, 0.4) is 0 Å². The summed E-state index contributed by atoms with van der Waals surface area (Å²) in [5.74, 6) is -0.946. The van der Waals surface area contributed by atoms with E-state index >= 15 is 0 Å². The summed E-state index contributed by atoms with van der Waals surface area (Å²) in [6.45, 7) is 1.27. The van der Waals surface area contributed by atoms with Crippen LogP contribution >= 0.6 is 0 Å². The standard InChI is InChI=1S/C18H17FN2O3/c1-18(23,13-5-3-2-4-6-13)12-17(22)21-15-8-7-14(19)11-16(15)24-10-9-20/h2-8,11,23H,10,12H2,1H3,(H,21,22). The second kappa shape index (κ2) is 7.57. The van der Waals surface area contributed by atoms with E-state index in [-0.39, 0.29) is 24.5 Å². The zero-order valence-electron chi connectivity index (χ0n) is 13.1. The fraction of sp³-hybridized carbons (Fsp3) is 0.222. The Morgan fingerprint density at radius 2 is 2.04 bits per heavy atom. The molecule has 6 heteroatoms. The highest BCUT2D eigenvalue weighted by Crippen LogP contribution is 2.28. The Morgan fingerprint density at radius 3 is 2.71 bits per heavy atom. The van der Waals surface area contributed by atoms with E-state index in [1.165, 1.54) is 12.1 Å². The molecule has 2 rings (SSSR count). The number of nitrogens with one attached hydrogen (secondary N) is 1. The molecule has 0 aliphatic carbocycles. The molecule has 1 unspecified atom stereocenters. The van der Waals surface area contributed by atoms with E-state index in [0.29, 0.717) is 5.56 Å². The Bertz CT molecular complexity index is 755. The van der Waals surface area contributed by atoms with Gasteiger partial charge in [-0.15, -0.1) is 0 Å². The minimum absolute atomic E-state index is 0.0595. The van der Waals surface area contributed by atoms with Gasteiger partial charge in [-0.3, -0.25) is 4.79 Å². The highest BCUT2D eigenvalue weighted by Gasteiger charge is 2.26. The molecule has 0 spiro atoms. The van der Waals surface area contributed by atoms with E-state index in [1.807, 2.05) is 6.07 Å². The lowest BCUT2D eigenvalue weighted by atomic mass is 9.92. The number of anilines is 1. The molecule has 0 heterocycles. The first-order valence-electron chi connectivity index (χ1n) is 7.29. The predicted octanol–water partition coefficient (Wildman–Crippen LogP) is 2.96. The lowest BCUT2D eigenvalue weighted by Crippen LogP contribution is -2.28. The van der Waals surface area contributed by atoms with E-state index in [2.05, 4.69) is 5.32 Å². The molecular weight excluding hydrogens is 311 g/mol. The van der Waals surface area contributed by atoms with Crippen molar-refractivity contribution in [1.29, 1.82) is 5.26 Å². The van der Waals surface area contributed by atoms with Crippen LogP contribution in [0.15, 0.2) is 48.5 Å². The summed E-state index contributed by atoms with van der Waals surface area (Å²) in [5.41, 5.74) is -0.500. The molecule has 0 bridgehead atoms. The number of ether oxygens (including phenoxy) is 1. The number of benzene rings is 2. The first-order valence-corrected chi connectivity index (χ1v) is 7.29. The molecule has 5 nitrogen and oxygen atoms in total. The van der Waals surface area contributed by atoms with Crippen LogP contribution in [0, 0.1) is 17.1 Å². The van der Waals surface area contributed by atoms with E-state index in [1.54, 1.807) is 37.3 Å². The molecule has 2 aromatic carbocycles. The zero-order chi connectivity index (χ0) is 17.6. The summed E-state index contributed by atoms with van der Waals surface area (Å²) >= 11 is 0. The van der Waals surface area contributed by atoms with Crippen molar-refractivity contribution < 1.29 is 19.0 Å². The Balaban J connectivity index is 2.11. The van der Waals surface area contributed by atoms with Gasteiger partial charge in [0.25, 0.3) is 0 Å². The second-order valence-corrected chi connectivity index (χ2v) is 5.45. The lowest BCUT2D eigenvalue weighted by Gasteiger charge is -2.23. The maximum absolute atomic E-state index is 13.3. The quantitative estimate of drug-likeness (QED) is 0.854. The highest BCUT2D eigenvalue weighted by atomic mass is 19.1. The number of aliphatic hydroxyl groups is 1. The molecule has 0 aliphatic heterocycles. The van der Waals surface area contributed by atoms with Gasteiger partial charge in [0.2, 0.25) is 5.91 Å². The minimum atomic E-state index is -1.35. The number of hydrogen-bond acceptors (Lipinski definition) is 4. The van der Waals surface area contributed by atoms with Crippen LogP contribution in [0.5, 0.6) is 5.75 Å². The average molecular weight is 328 g/mol. The maximum atomic E-state index is 13.3. The topological polar surface area (TPSA) is 82.3 Å². The Kier molecular flexibility index (Phi) is 5.51. The molecule has 0 fully saturated rings. The van der Waals surface area contributed by atoms with Crippen LogP contribution < -0.4 is 10.1 Å². The first kappa shape index (κ1) is 17.4. The van der Waals surface area contributed by atoms with Gasteiger partial charge in [-0.05, 0) is 24.6 Å². The predicted molar refractivity (Wildman–Crippen MR) is 86.8 cm³/mol. The molecule has 24 heavy (non-hydrogen) atoms. The van der Waals surface area contributed by atoms with Gasteiger partial charge in [-0.1, -0.05) is 30.3 Å². The molecule has 2 aromatic rings.